The van der Waals surface area contributed by atoms with Crippen LogP contribution in [0.3, 0.4) is 0 Å². The Morgan fingerprint density at radius 2 is 1.79 bits per heavy atom. The lowest BCUT2D eigenvalue weighted by Crippen LogP contribution is -2.48. The third-order valence-corrected chi connectivity index (χ3v) is 6.67. The number of amides is 3. The number of carbonyl (C=O) groups excluding carboxylic acids is 3. The van der Waals surface area contributed by atoms with Gasteiger partial charge in [-0.05, 0) is 43.5 Å². The molecule has 1 N–H and O–H groups in total. The number of nitrogens with one attached hydrogen (secondary N) is 1. The monoisotopic (exact) mass is 449 g/mol. The Morgan fingerprint density at radius 1 is 1.03 bits per heavy atom. The van der Waals surface area contributed by atoms with Crippen molar-refractivity contribution in [3.63, 3.8) is 0 Å². The summed E-state index contributed by atoms with van der Waals surface area (Å²) in [5, 5.41) is 3.10. The maximum Gasteiger partial charge on any atom is 0.251 e. The fourth-order valence-electron chi connectivity index (χ4n) is 4.77. The van der Waals surface area contributed by atoms with Crippen molar-refractivity contribution in [2.45, 2.75) is 32.2 Å². The molecule has 0 saturated carbocycles. The second-order valence-electron chi connectivity index (χ2n) is 8.83. The SMILES string of the molecule is Cc1ccccc1C(=O)NC1CCN(C(=O)C2CC(=O)N(c3ccc4c(c3)OCO4)C2)CC1. The third-order valence-electron chi connectivity index (χ3n) is 6.67. The lowest BCUT2D eigenvalue weighted by molar-refractivity contribution is -0.136. The number of nitrogens with zero attached hydrogens (tertiary/aromatic N) is 2. The fourth-order valence-corrected chi connectivity index (χ4v) is 4.77. The van der Waals surface area contributed by atoms with Crippen LogP contribution in [0, 0.1) is 12.8 Å². The zero-order chi connectivity index (χ0) is 22.9. The van der Waals surface area contributed by atoms with Crippen LogP contribution in [-0.2, 0) is 9.59 Å². The first kappa shape index (κ1) is 21.3. The van der Waals surface area contributed by atoms with E-state index in [1.807, 2.05) is 42.2 Å². The van der Waals surface area contributed by atoms with E-state index in [4.69, 9.17) is 9.47 Å². The second kappa shape index (κ2) is 8.77. The molecule has 3 aliphatic rings. The molecule has 8 heteroatoms. The van der Waals surface area contributed by atoms with Crippen molar-refractivity contribution in [3.8, 4) is 11.5 Å². The first-order chi connectivity index (χ1) is 16.0. The molecule has 0 aliphatic carbocycles. The smallest absolute Gasteiger partial charge is 0.251 e. The van der Waals surface area contributed by atoms with Gasteiger partial charge in [-0.1, -0.05) is 18.2 Å². The summed E-state index contributed by atoms with van der Waals surface area (Å²) in [5.74, 6) is 0.794. The van der Waals surface area contributed by atoms with Crippen LogP contribution in [0.5, 0.6) is 11.5 Å². The number of aryl methyl sites for hydroxylation is 1. The molecular weight excluding hydrogens is 422 g/mol. The van der Waals surface area contributed by atoms with Crippen LogP contribution in [0.4, 0.5) is 5.69 Å². The van der Waals surface area contributed by atoms with Gasteiger partial charge >= 0.3 is 0 Å². The topological polar surface area (TPSA) is 88.2 Å². The average Bonchev–Trinajstić information content (AvgIpc) is 3.45. The largest absolute Gasteiger partial charge is 0.454 e. The lowest BCUT2D eigenvalue weighted by atomic mass is 10.0. The Hall–Kier alpha value is -3.55. The summed E-state index contributed by atoms with van der Waals surface area (Å²) in [4.78, 5) is 41.8. The number of hydrogen-bond acceptors (Lipinski definition) is 5. The van der Waals surface area contributed by atoms with Gasteiger partial charge in [0.1, 0.15) is 0 Å². The Kier molecular flexibility index (Phi) is 5.66. The maximum atomic E-state index is 13.1. The van der Waals surface area contributed by atoms with E-state index >= 15 is 0 Å². The number of hydrogen-bond donors (Lipinski definition) is 1. The van der Waals surface area contributed by atoms with Crippen LogP contribution in [0.1, 0.15) is 35.2 Å². The van der Waals surface area contributed by atoms with E-state index in [1.54, 1.807) is 17.0 Å². The van der Waals surface area contributed by atoms with Crippen LogP contribution >= 0.6 is 0 Å². The summed E-state index contributed by atoms with van der Waals surface area (Å²) in [7, 11) is 0. The number of benzene rings is 2. The van der Waals surface area contributed by atoms with E-state index in [0.717, 1.165) is 11.3 Å². The van der Waals surface area contributed by atoms with Crippen molar-refractivity contribution in [1.82, 2.24) is 10.2 Å². The molecule has 33 heavy (non-hydrogen) atoms. The second-order valence-corrected chi connectivity index (χ2v) is 8.83. The molecule has 2 saturated heterocycles. The molecule has 3 amide bonds. The van der Waals surface area contributed by atoms with E-state index in [-0.39, 0.29) is 42.9 Å². The number of carbonyl (C=O) groups is 3. The molecule has 0 spiro atoms. The molecular formula is C25H27N3O5. The summed E-state index contributed by atoms with van der Waals surface area (Å²) in [6.07, 6.45) is 1.61. The molecule has 5 rings (SSSR count). The molecule has 1 unspecified atom stereocenters. The van der Waals surface area contributed by atoms with Crippen LogP contribution in [0.2, 0.25) is 0 Å². The van der Waals surface area contributed by atoms with Crippen molar-refractivity contribution in [1.29, 1.82) is 0 Å². The van der Waals surface area contributed by atoms with Gasteiger partial charge in [-0.25, -0.2) is 0 Å². The maximum absolute atomic E-state index is 13.1. The van der Waals surface area contributed by atoms with Crippen molar-refractivity contribution in [2.24, 2.45) is 5.92 Å². The van der Waals surface area contributed by atoms with E-state index in [1.165, 1.54) is 0 Å². The Labute approximate surface area is 192 Å². The van der Waals surface area contributed by atoms with E-state index in [0.29, 0.717) is 49.5 Å². The molecule has 0 aromatic heterocycles. The number of rotatable bonds is 4. The van der Waals surface area contributed by atoms with Gasteiger partial charge in [0, 0.05) is 49.4 Å². The predicted molar refractivity (Wildman–Crippen MR) is 121 cm³/mol. The van der Waals surface area contributed by atoms with Gasteiger partial charge in [0.05, 0.1) is 5.92 Å². The number of piperidine rings is 1. The third kappa shape index (κ3) is 4.25. The number of likely N-dealkylation sites (tertiary alicyclic amines) is 1. The van der Waals surface area contributed by atoms with Crippen molar-refractivity contribution < 1.29 is 23.9 Å². The van der Waals surface area contributed by atoms with Crippen LogP contribution in [-0.4, -0.2) is 55.1 Å². The van der Waals surface area contributed by atoms with E-state index < -0.39 is 0 Å². The molecule has 2 fully saturated rings. The average molecular weight is 450 g/mol. The highest BCUT2D eigenvalue weighted by molar-refractivity contribution is 6.00. The molecule has 0 radical (unpaired) electrons. The van der Waals surface area contributed by atoms with Gasteiger partial charge in [-0.15, -0.1) is 0 Å². The van der Waals surface area contributed by atoms with E-state index in [9.17, 15) is 14.4 Å². The normalized spacial score (nSPS) is 20.3. The lowest BCUT2D eigenvalue weighted by Gasteiger charge is -2.34. The predicted octanol–water partition coefficient (Wildman–Crippen LogP) is 2.50. The van der Waals surface area contributed by atoms with Crippen LogP contribution < -0.4 is 19.7 Å². The summed E-state index contributed by atoms with van der Waals surface area (Å²) >= 11 is 0. The number of anilines is 1. The zero-order valence-corrected chi connectivity index (χ0v) is 18.6. The Morgan fingerprint density at radius 3 is 2.58 bits per heavy atom. The van der Waals surface area contributed by atoms with Gasteiger partial charge < -0.3 is 24.6 Å². The molecule has 3 aliphatic heterocycles. The van der Waals surface area contributed by atoms with Crippen molar-refractivity contribution in [3.05, 3.63) is 53.6 Å². The van der Waals surface area contributed by atoms with Crippen molar-refractivity contribution >= 4 is 23.4 Å². The van der Waals surface area contributed by atoms with Crippen molar-refractivity contribution in [2.75, 3.05) is 31.3 Å². The molecule has 1 atom stereocenters. The molecule has 3 heterocycles. The minimum absolute atomic E-state index is 0.00951. The van der Waals surface area contributed by atoms with Gasteiger partial charge in [-0.2, -0.15) is 0 Å². The summed E-state index contributed by atoms with van der Waals surface area (Å²) in [6.45, 7) is 3.61. The first-order valence-electron chi connectivity index (χ1n) is 11.3. The minimum atomic E-state index is -0.360. The molecule has 0 bridgehead atoms. The van der Waals surface area contributed by atoms with Crippen LogP contribution in [0.25, 0.3) is 0 Å². The molecule has 2 aromatic carbocycles. The number of fused-ring (bicyclic) bond motifs is 1. The standard InChI is InChI=1S/C25H27N3O5/c1-16-4-2-3-5-20(16)24(30)26-18-8-10-27(11-9-18)25(31)17-12-23(29)28(14-17)19-6-7-21-22(13-19)33-15-32-21/h2-7,13,17-18H,8-12,14-15H2,1H3,(H,26,30). The number of ether oxygens (including phenoxy) is 2. The van der Waals surface area contributed by atoms with Gasteiger partial charge in [0.25, 0.3) is 5.91 Å². The minimum Gasteiger partial charge on any atom is -0.454 e. The summed E-state index contributed by atoms with van der Waals surface area (Å²) in [5.41, 5.74) is 2.35. The summed E-state index contributed by atoms with van der Waals surface area (Å²) < 4.78 is 10.7. The highest BCUT2D eigenvalue weighted by Gasteiger charge is 2.38. The highest BCUT2D eigenvalue weighted by Crippen LogP contribution is 2.37. The molecule has 8 nitrogen and oxygen atoms in total. The molecule has 2 aromatic rings. The zero-order valence-electron chi connectivity index (χ0n) is 18.6. The first-order valence-corrected chi connectivity index (χ1v) is 11.3. The highest BCUT2D eigenvalue weighted by atomic mass is 16.7. The molecule has 172 valence electrons. The Bertz CT molecular complexity index is 1090. The van der Waals surface area contributed by atoms with Gasteiger partial charge in [-0.3, -0.25) is 14.4 Å². The fraction of sp³-hybridized carbons (Fsp3) is 0.400. The Balaban J connectivity index is 1.16. The van der Waals surface area contributed by atoms with Gasteiger partial charge in [0.2, 0.25) is 18.6 Å². The summed E-state index contributed by atoms with van der Waals surface area (Å²) in [6, 6.07) is 13.0. The van der Waals surface area contributed by atoms with Gasteiger partial charge in [0.15, 0.2) is 11.5 Å². The quantitative estimate of drug-likeness (QED) is 0.775. The van der Waals surface area contributed by atoms with Crippen LogP contribution in [0.15, 0.2) is 42.5 Å². The van der Waals surface area contributed by atoms with E-state index in [2.05, 4.69) is 5.32 Å².